The summed E-state index contributed by atoms with van der Waals surface area (Å²) in [5, 5.41) is 7.28. The van der Waals surface area contributed by atoms with Crippen LogP contribution >= 0.6 is 12.4 Å². The van der Waals surface area contributed by atoms with Crippen molar-refractivity contribution in [3.8, 4) is 11.3 Å². The van der Waals surface area contributed by atoms with E-state index in [-0.39, 0.29) is 18.3 Å². The molecule has 3 rings (SSSR count). The monoisotopic (exact) mass is 335 g/mol. The Morgan fingerprint density at radius 3 is 2.83 bits per heavy atom. The van der Waals surface area contributed by atoms with E-state index in [0.29, 0.717) is 22.9 Å². The molecule has 1 aromatic heterocycles. The van der Waals surface area contributed by atoms with Gasteiger partial charge in [-0.3, -0.25) is 4.79 Å². The summed E-state index contributed by atoms with van der Waals surface area (Å²) in [5.74, 6) is 1.13. The molecule has 6 heteroatoms. The Morgan fingerprint density at radius 1 is 1.39 bits per heavy atom. The van der Waals surface area contributed by atoms with Crippen LogP contribution in [0.3, 0.4) is 0 Å². The first kappa shape index (κ1) is 17.5. The van der Waals surface area contributed by atoms with Gasteiger partial charge in [0.2, 0.25) is 0 Å². The Labute approximate surface area is 142 Å². The average molecular weight is 336 g/mol. The zero-order valence-electron chi connectivity index (χ0n) is 13.4. The van der Waals surface area contributed by atoms with Crippen LogP contribution in [-0.2, 0) is 0 Å². The second-order valence-corrected chi connectivity index (χ2v) is 5.79. The third kappa shape index (κ3) is 3.57. The van der Waals surface area contributed by atoms with Crippen molar-refractivity contribution >= 4 is 18.3 Å². The summed E-state index contributed by atoms with van der Waals surface area (Å²) in [6.45, 7) is 4.33. The molecule has 23 heavy (non-hydrogen) atoms. The molecular weight excluding hydrogens is 314 g/mol. The van der Waals surface area contributed by atoms with Crippen molar-refractivity contribution in [2.75, 3.05) is 26.7 Å². The van der Waals surface area contributed by atoms with Crippen molar-refractivity contribution < 1.29 is 9.32 Å². The van der Waals surface area contributed by atoms with Gasteiger partial charge in [-0.15, -0.1) is 12.4 Å². The Bertz CT molecular complexity index is 657. The van der Waals surface area contributed by atoms with Gasteiger partial charge in [0.15, 0.2) is 0 Å². The largest absolute Gasteiger partial charge is 0.360 e. The summed E-state index contributed by atoms with van der Waals surface area (Å²) in [5.41, 5.74) is 2.14. The molecule has 0 radical (unpaired) electrons. The van der Waals surface area contributed by atoms with E-state index in [4.69, 9.17) is 4.52 Å². The number of nitrogens with zero attached hydrogens (tertiary/aromatic N) is 2. The standard InChI is InChI=1S/C17H21N3O2.ClH/c1-12-15(16(19-22-12)14-6-4-3-5-7-14)17(21)20-9-8-13(11-20)10-18-2;/h3-7,13,18H,8-11H2,1-2H3;1H. The highest BCUT2D eigenvalue weighted by Gasteiger charge is 2.31. The third-order valence-corrected chi connectivity index (χ3v) is 4.19. The second-order valence-electron chi connectivity index (χ2n) is 5.79. The molecule has 1 amide bonds. The highest BCUT2D eigenvalue weighted by molar-refractivity contribution is 6.00. The molecule has 5 nitrogen and oxygen atoms in total. The maximum atomic E-state index is 12.9. The molecule has 0 spiro atoms. The van der Waals surface area contributed by atoms with Gasteiger partial charge in [-0.2, -0.15) is 0 Å². The van der Waals surface area contributed by atoms with Gasteiger partial charge >= 0.3 is 0 Å². The lowest BCUT2D eigenvalue weighted by Crippen LogP contribution is -2.30. The minimum atomic E-state index is 0. The molecule has 1 saturated heterocycles. The van der Waals surface area contributed by atoms with E-state index in [1.807, 2.05) is 42.3 Å². The number of benzene rings is 1. The fourth-order valence-electron chi connectivity index (χ4n) is 3.05. The van der Waals surface area contributed by atoms with E-state index in [2.05, 4.69) is 10.5 Å². The van der Waals surface area contributed by atoms with Crippen LogP contribution in [0.15, 0.2) is 34.9 Å². The molecular formula is C17H22ClN3O2. The van der Waals surface area contributed by atoms with E-state index in [1.54, 1.807) is 6.92 Å². The van der Waals surface area contributed by atoms with Crippen molar-refractivity contribution in [3.63, 3.8) is 0 Å². The molecule has 1 aliphatic heterocycles. The van der Waals surface area contributed by atoms with Crippen LogP contribution in [0.25, 0.3) is 11.3 Å². The van der Waals surface area contributed by atoms with Crippen LogP contribution < -0.4 is 5.32 Å². The summed E-state index contributed by atoms with van der Waals surface area (Å²) < 4.78 is 5.30. The second kappa shape index (κ2) is 7.62. The molecule has 1 N–H and O–H groups in total. The number of amides is 1. The number of likely N-dealkylation sites (tertiary alicyclic amines) is 1. The lowest BCUT2D eigenvalue weighted by molar-refractivity contribution is 0.0786. The molecule has 1 unspecified atom stereocenters. The fourth-order valence-corrected chi connectivity index (χ4v) is 3.05. The molecule has 0 saturated carbocycles. The number of rotatable bonds is 4. The van der Waals surface area contributed by atoms with Crippen molar-refractivity contribution in [2.45, 2.75) is 13.3 Å². The third-order valence-electron chi connectivity index (χ3n) is 4.19. The van der Waals surface area contributed by atoms with E-state index >= 15 is 0 Å². The predicted molar refractivity (Wildman–Crippen MR) is 91.9 cm³/mol. The van der Waals surface area contributed by atoms with Crippen LogP contribution in [0.4, 0.5) is 0 Å². The van der Waals surface area contributed by atoms with Gasteiger partial charge in [-0.1, -0.05) is 35.5 Å². The summed E-state index contributed by atoms with van der Waals surface area (Å²) >= 11 is 0. The minimum absolute atomic E-state index is 0. The first-order valence-corrected chi connectivity index (χ1v) is 7.66. The van der Waals surface area contributed by atoms with Crippen molar-refractivity contribution in [3.05, 3.63) is 41.7 Å². The smallest absolute Gasteiger partial charge is 0.259 e. The van der Waals surface area contributed by atoms with Crippen molar-refractivity contribution in [1.82, 2.24) is 15.4 Å². The van der Waals surface area contributed by atoms with Gasteiger partial charge in [0.25, 0.3) is 5.91 Å². The highest BCUT2D eigenvalue weighted by Crippen LogP contribution is 2.28. The molecule has 1 aromatic carbocycles. The fraction of sp³-hybridized carbons (Fsp3) is 0.412. The lowest BCUT2D eigenvalue weighted by Gasteiger charge is -2.16. The quantitative estimate of drug-likeness (QED) is 0.933. The summed E-state index contributed by atoms with van der Waals surface area (Å²) in [6.07, 6.45) is 1.04. The van der Waals surface area contributed by atoms with Gasteiger partial charge in [-0.05, 0) is 32.9 Å². The molecule has 0 aliphatic carbocycles. The number of carbonyl (C=O) groups is 1. The molecule has 2 heterocycles. The van der Waals surface area contributed by atoms with E-state index in [1.165, 1.54) is 0 Å². The van der Waals surface area contributed by atoms with Crippen LogP contribution in [-0.4, -0.2) is 42.6 Å². The zero-order chi connectivity index (χ0) is 15.5. The van der Waals surface area contributed by atoms with Gasteiger partial charge < -0.3 is 14.7 Å². The number of aryl methyl sites for hydroxylation is 1. The van der Waals surface area contributed by atoms with Crippen LogP contribution in [0.2, 0.25) is 0 Å². The summed E-state index contributed by atoms with van der Waals surface area (Å²) in [6, 6.07) is 9.71. The Morgan fingerprint density at radius 2 is 2.13 bits per heavy atom. The van der Waals surface area contributed by atoms with E-state index in [0.717, 1.165) is 31.6 Å². The van der Waals surface area contributed by atoms with Crippen LogP contribution in [0.5, 0.6) is 0 Å². The maximum Gasteiger partial charge on any atom is 0.259 e. The van der Waals surface area contributed by atoms with Gasteiger partial charge in [-0.25, -0.2) is 0 Å². The number of aromatic nitrogens is 1. The first-order chi connectivity index (χ1) is 10.7. The van der Waals surface area contributed by atoms with E-state index < -0.39 is 0 Å². The number of nitrogens with one attached hydrogen (secondary N) is 1. The SMILES string of the molecule is CNCC1CCN(C(=O)c2c(-c3ccccc3)noc2C)C1.Cl. The topological polar surface area (TPSA) is 58.4 Å². The Hall–Kier alpha value is -1.85. The van der Waals surface area contributed by atoms with Crippen LogP contribution in [0, 0.1) is 12.8 Å². The van der Waals surface area contributed by atoms with Gasteiger partial charge in [0.1, 0.15) is 17.0 Å². The number of hydrogen-bond donors (Lipinski definition) is 1. The molecule has 0 bridgehead atoms. The zero-order valence-corrected chi connectivity index (χ0v) is 14.2. The lowest BCUT2D eigenvalue weighted by atomic mass is 10.1. The Kier molecular flexibility index (Phi) is 5.80. The predicted octanol–water partition coefficient (Wildman–Crippen LogP) is 2.75. The van der Waals surface area contributed by atoms with Crippen molar-refractivity contribution in [2.24, 2.45) is 5.92 Å². The first-order valence-electron chi connectivity index (χ1n) is 7.66. The van der Waals surface area contributed by atoms with Crippen molar-refractivity contribution in [1.29, 1.82) is 0 Å². The molecule has 2 aromatic rings. The van der Waals surface area contributed by atoms with Crippen LogP contribution in [0.1, 0.15) is 22.5 Å². The Balaban J connectivity index is 0.00000192. The molecule has 124 valence electrons. The minimum Gasteiger partial charge on any atom is -0.360 e. The number of hydrogen-bond acceptors (Lipinski definition) is 4. The maximum absolute atomic E-state index is 12.9. The summed E-state index contributed by atoms with van der Waals surface area (Å²) in [7, 11) is 1.95. The summed E-state index contributed by atoms with van der Waals surface area (Å²) in [4.78, 5) is 14.8. The number of halogens is 1. The molecule has 1 fully saturated rings. The van der Waals surface area contributed by atoms with E-state index in [9.17, 15) is 4.79 Å². The molecule has 1 aliphatic rings. The highest BCUT2D eigenvalue weighted by atomic mass is 35.5. The molecule has 1 atom stereocenters. The average Bonchev–Trinajstić information content (AvgIpc) is 3.15. The number of carbonyl (C=O) groups excluding carboxylic acids is 1. The normalized spacial score (nSPS) is 17.1. The van der Waals surface area contributed by atoms with Gasteiger partial charge in [0, 0.05) is 18.7 Å². The van der Waals surface area contributed by atoms with Gasteiger partial charge in [0.05, 0.1) is 0 Å².